The summed E-state index contributed by atoms with van der Waals surface area (Å²) < 4.78 is 4.37. The molecule has 3 N–H and O–H groups in total. The van der Waals surface area contributed by atoms with Gasteiger partial charge in [0.2, 0.25) is 0 Å². The Hall–Kier alpha value is -1.14. The molecule has 1 aliphatic heterocycles. The third-order valence-corrected chi connectivity index (χ3v) is 1.80. The average Bonchev–Trinajstić information content (AvgIpc) is 1.99. The maximum Gasteiger partial charge on any atom is 0.417 e. The molecule has 13 heavy (non-hydrogen) atoms. The van der Waals surface area contributed by atoms with Crippen LogP contribution in [0.1, 0.15) is 6.42 Å². The number of ether oxygens (including phenoxy) is 1. The minimum Gasteiger partial charge on any atom is -0.394 e. The van der Waals surface area contributed by atoms with E-state index in [2.05, 4.69) is 4.74 Å². The second kappa shape index (κ2) is 4.20. The zero-order chi connectivity index (χ0) is 9.84. The first-order valence-electron chi connectivity index (χ1n) is 4.02. The number of carbonyl (C=O) groups is 2. The lowest BCUT2D eigenvalue weighted by Gasteiger charge is -2.29. The number of hydrogen-bond donors (Lipinski definition) is 2. The summed E-state index contributed by atoms with van der Waals surface area (Å²) in [5.41, 5.74) is 5.13. The highest BCUT2D eigenvalue weighted by Crippen LogP contribution is 2.07. The van der Waals surface area contributed by atoms with E-state index in [1.165, 1.54) is 4.90 Å². The Morgan fingerprint density at radius 2 is 2.15 bits per heavy atom. The highest BCUT2D eigenvalue weighted by atomic mass is 16.6. The van der Waals surface area contributed by atoms with Crippen molar-refractivity contribution in [1.82, 2.24) is 4.90 Å². The molecule has 0 bridgehead atoms. The monoisotopic (exact) mass is 188 g/mol. The third-order valence-electron chi connectivity index (χ3n) is 1.80. The molecular formula is C7H12N2O4. The van der Waals surface area contributed by atoms with Crippen LogP contribution in [0.3, 0.4) is 0 Å². The molecule has 74 valence electrons. The van der Waals surface area contributed by atoms with Crippen LogP contribution in [-0.2, 0) is 9.53 Å². The molecule has 0 radical (unpaired) electrons. The van der Waals surface area contributed by atoms with Crippen molar-refractivity contribution in [3.05, 3.63) is 0 Å². The quantitative estimate of drug-likeness (QED) is 0.414. The van der Waals surface area contributed by atoms with Crippen molar-refractivity contribution in [2.24, 2.45) is 5.73 Å². The van der Waals surface area contributed by atoms with E-state index >= 15 is 0 Å². The molecule has 0 aromatic carbocycles. The Morgan fingerprint density at radius 3 is 2.54 bits per heavy atom. The lowest BCUT2D eigenvalue weighted by atomic mass is 10.2. The van der Waals surface area contributed by atoms with Gasteiger partial charge in [0.15, 0.2) is 0 Å². The van der Waals surface area contributed by atoms with Gasteiger partial charge in [-0.1, -0.05) is 0 Å². The van der Waals surface area contributed by atoms with Gasteiger partial charge in [-0.05, 0) is 6.42 Å². The molecule has 0 unspecified atom stereocenters. The van der Waals surface area contributed by atoms with E-state index in [0.717, 1.165) is 6.42 Å². The van der Waals surface area contributed by atoms with Gasteiger partial charge in [-0.15, -0.1) is 0 Å². The molecule has 0 saturated carbocycles. The standard InChI is InChI=1S/C7H12N2O4/c8-5(4-10)6(11)13-7(12)9-2-1-3-9/h5,10H,1-4,8H2/t5-/m0/s1. The maximum atomic E-state index is 11.0. The fourth-order valence-electron chi connectivity index (χ4n) is 0.800. The van der Waals surface area contributed by atoms with Crippen molar-refractivity contribution in [3.63, 3.8) is 0 Å². The molecule has 1 atom stereocenters. The molecule has 1 rings (SSSR count). The molecule has 0 aliphatic carbocycles. The normalized spacial score (nSPS) is 17.5. The summed E-state index contributed by atoms with van der Waals surface area (Å²) in [5.74, 6) is -0.889. The Morgan fingerprint density at radius 1 is 1.54 bits per heavy atom. The first kappa shape index (κ1) is 9.94. The van der Waals surface area contributed by atoms with Crippen LogP contribution in [0.5, 0.6) is 0 Å². The number of nitrogens with zero attached hydrogens (tertiary/aromatic N) is 1. The number of nitrogens with two attached hydrogens (primary N) is 1. The average molecular weight is 188 g/mol. The molecule has 6 nitrogen and oxygen atoms in total. The molecule has 0 aromatic rings. The van der Waals surface area contributed by atoms with E-state index in [1.54, 1.807) is 0 Å². The molecule has 1 amide bonds. The highest BCUT2D eigenvalue weighted by Gasteiger charge is 2.25. The first-order valence-corrected chi connectivity index (χ1v) is 4.02. The van der Waals surface area contributed by atoms with Crippen molar-refractivity contribution in [2.45, 2.75) is 12.5 Å². The van der Waals surface area contributed by atoms with Gasteiger partial charge >= 0.3 is 12.1 Å². The number of esters is 1. The fraction of sp³-hybridized carbons (Fsp3) is 0.714. The van der Waals surface area contributed by atoms with E-state index in [9.17, 15) is 9.59 Å². The molecule has 1 heterocycles. The number of carbonyl (C=O) groups excluding carboxylic acids is 2. The Labute approximate surface area is 75.3 Å². The van der Waals surface area contributed by atoms with Crippen LogP contribution in [-0.4, -0.2) is 47.8 Å². The van der Waals surface area contributed by atoms with E-state index < -0.39 is 24.7 Å². The molecular weight excluding hydrogens is 176 g/mol. The number of likely N-dealkylation sites (tertiary alicyclic amines) is 1. The van der Waals surface area contributed by atoms with E-state index in [-0.39, 0.29) is 0 Å². The molecule has 1 aliphatic rings. The molecule has 1 fully saturated rings. The van der Waals surface area contributed by atoms with Gasteiger partial charge in [0.25, 0.3) is 0 Å². The zero-order valence-electron chi connectivity index (χ0n) is 7.10. The summed E-state index contributed by atoms with van der Waals surface area (Å²) in [6.45, 7) is 0.701. The van der Waals surface area contributed by atoms with Gasteiger partial charge in [-0.3, -0.25) is 0 Å². The Bertz CT molecular complexity index is 200. The number of aliphatic hydroxyl groups is 1. The predicted molar refractivity (Wildman–Crippen MR) is 42.7 cm³/mol. The minimum atomic E-state index is -1.13. The second-order valence-corrected chi connectivity index (χ2v) is 2.82. The Balaban J connectivity index is 2.30. The summed E-state index contributed by atoms with van der Waals surface area (Å²) in [6.07, 6.45) is 0.246. The van der Waals surface area contributed by atoms with Gasteiger partial charge in [0.05, 0.1) is 6.61 Å². The lowest BCUT2D eigenvalue weighted by molar-refractivity contribution is -0.141. The summed E-state index contributed by atoms with van der Waals surface area (Å²) in [6, 6.07) is -1.13. The minimum absolute atomic E-state index is 0.522. The first-order chi connectivity index (χ1) is 6.15. The molecule has 0 spiro atoms. The number of aliphatic hydroxyl groups excluding tert-OH is 1. The zero-order valence-corrected chi connectivity index (χ0v) is 7.10. The predicted octanol–water partition coefficient (Wildman–Crippen LogP) is -1.33. The van der Waals surface area contributed by atoms with E-state index in [1.807, 2.05) is 0 Å². The van der Waals surface area contributed by atoms with Crippen molar-refractivity contribution in [3.8, 4) is 0 Å². The number of rotatable bonds is 2. The number of hydrogen-bond acceptors (Lipinski definition) is 5. The van der Waals surface area contributed by atoms with E-state index in [4.69, 9.17) is 10.8 Å². The largest absolute Gasteiger partial charge is 0.417 e. The summed E-state index contributed by atoms with van der Waals surface area (Å²) in [5, 5.41) is 8.48. The summed E-state index contributed by atoms with van der Waals surface area (Å²) >= 11 is 0. The van der Waals surface area contributed by atoms with Gasteiger partial charge in [-0.25, -0.2) is 9.59 Å². The topological polar surface area (TPSA) is 92.9 Å². The summed E-state index contributed by atoms with van der Waals surface area (Å²) in [7, 11) is 0. The van der Waals surface area contributed by atoms with Gasteiger partial charge < -0.3 is 20.5 Å². The van der Waals surface area contributed by atoms with Gasteiger partial charge in [0, 0.05) is 13.1 Å². The van der Waals surface area contributed by atoms with Gasteiger partial charge in [-0.2, -0.15) is 0 Å². The van der Waals surface area contributed by atoms with Crippen molar-refractivity contribution >= 4 is 12.1 Å². The van der Waals surface area contributed by atoms with Crippen molar-refractivity contribution in [1.29, 1.82) is 0 Å². The van der Waals surface area contributed by atoms with Crippen LogP contribution >= 0.6 is 0 Å². The number of amides is 1. The smallest absolute Gasteiger partial charge is 0.394 e. The highest BCUT2D eigenvalue weighted by molar-refractivity contribution is 5.87. The van der Waals surface area contributed by atoms with Crippen LogP contribution < -0.4 is 5.73 Å². The van der Waals surface area contributed by atoms with Crippen molar-refractivity contribution in [2.75, 3.05) is 19.7 Å². The molecule has 0 aromatic heterocycles. The maximum absolute atomic E-state index is 11.0. The SMILES string of the molecule is N[C@@H](CO)C(=O)OC(=O)N1CCC1. The van der Waals surface area contributed by atoms with Crippen molar-refractivity contribution < 1.29 is 19.4 Å². The Kier molecular flexibility index (Phi) is 3.21. The van der Waals surface area contributed by atoms with Crippen LogP contribution in [0, 0.1) is 0 Å². The third kappa shape index (κ3) is 2.40. The van der Waals surface area contributed by atoms with Crippen LogP contribution in [0.15, 0.2) is 0 Å². The fourth-order valence-corrected chi connectivity index (χ4v) is 0.800. The van der Waals surface area contributed by atoms with Gasteiger partial charge in [0.1, 0.15) is 6.04 Å². The van der Waals surface area contributed by atoms with Crippen LogP contribution in [0.25, 0.3) is 0 Å². The lowest BCUT2D eigenvalue weighted by Crippen LogP contribution is -2.46. The molecule has 6 heteroatoms. The second-order valence-electron chi connectivity index (χ2n) is 2.82. The van der Waals surface area contributed by atoms with Crippen LogP contribution in [0.2, 0.25) is 0 Å². The summed E-state index contributed by atoms with van der Waals surface area (Å²) in [4.78, 5) is 23.3. The van der Waals surface area contributed by atoms with Crippen LogP contribution in [0.4, 0.5) is 4.79 Å². The van der Waals surface area contributed by atoms with E-state index in [0.29, 0.717) is 13.1 Å². The molecule has 1 saturated heterocycles.